The maximum absolute atomic E-state index is 5.90. The smallest absolute Gasteiger partial charge is 0.0406 e. The van der Waals surface area contributed by atoms with Crippen LogP contribution in [0.25, 0.3) is 0 Å². The highest BCUT2D eigenvalue weighted by Gasteiger charge is 2.13. The first-order valence-corrected chi connectivity index (χ1v) is 7.06. The molecule has 2 aromatic carbocycles. The summed E-state index contributed by atoms with van der Waals surface area (Å²) in [5.41, 5.74) is 8.42. The first kappa shape index (κ1) is 13.6. The van der Waals surface area contributed by atoms with Crippen LogP contribution in [0.2, 0.25) is 5.02 Å². The largest absolute Gasteiger partial charge is 0.330 e. The Kier molecular flexibility index (Phi) is 4.81. The standard InChI is InChI=1S/C15H15BrClN/c16-15-4-2-1-3-14(15)12(10-18)9-11-5-7-13(17)8-6-11/h1-8,12H,9-10,18H2. The summed E-state index contributed by atoms with van der Waals surface area (Å²) in [7, 11) is 0. The molecule has 0 radical (unpaired) electrons. The Hall–Kier alpha value is -0.830. The number of nitrogens with two attached hydrogens (primary N) is 1. The van der Waals surface area contributed by atoms with E-state index in [9.17, 15) is 0 Å². The van der Waals surface area contributed by atoms with E-state index < -0.39 is 0 Å². The lowest BCUT2D eigenvalue weighted by molar-refractivity contribution is 0.691. The molecule has 2 N–H and O–H groups in total. The Labute approximate surface area is 121 Å². The third-order valence-electron chi connectivity index (χ3n) is 3.02. The highest BCUT2D eigenvalue weighted by molar-refractivity contribution is 9.10. The minimum absolute atomic E-state index is 0.321. The Morgan fingerprint density at radius 3 is 2.33 bits per heavy atom. The molecule has 0 aliphatic carbocycles. The van der Waals surface area contributed by atoms with Crippen LogP contribution in [0.15, 0.2) is 53.0 Å². The van der Waals surface area contributed by atoms with Crippen molar-refractivity contribution in [2.75, 3.05) is 6.54 Å². The molecule has 1 atom stereocenters. The van der Waals surface area contributed by atoms with Gasteiger partial charge in [-0.1, -0.05) is 57.9 Å². The van der Waals surface area contributed by atoms with Crippen molar-refractivity contribution in [1.82, 2.24) is 0 Å². The second-order valence-corrected chi connectivity index (χ2v) is 5.58. The van der Waals surface area contributed by atoms with E-state index in [0.29, 0.717) is 12.5 Å². The fourth-order valence-corrected chi connectivity index (χ4v) is 2.77. The molecule has 18 heavy (non-hydrogen) atoms. The van der Waals surface area contributed by atoms with Gasteiger partial charge >= 0.3 is 0 Å². The van der Waals surface area contributed by atoms with Crippen molar-refractivity contribution in [2.24, 2.45) is 5.73 Å². The van der Waals surface area contributed by atoms with E-state index in [-0.39, 0.29) is 0 Å². The van der Waals surface area contributed by atoms with E-state index >= 15 is 0 Å². The third kappa shape index (κ3) is 3.35. The fourth-order valence-electron chi connectivity index (χ4n) is 2.03. The lowest BCUT2D eigenvalue weighted by Gasteiger charge is -2.17. The molecule has 0 amide bonds. The van der Waals surface area contributed by atoms with Gasteiger partial charge in [0.05, 0.1) is 0 Å². The molecule has 0 aromatic heterocycles. The Morgan fingerprint density at radius 1 is 1.06 bits per heavy atom. The van der Waals surface area contributed by atoms with Crippen LogP contribution in [0.4, 0.5) is 0 Å². The molecule has 0 fully saturated rings. The van der Waals surface area contributed by atoms with Gasteiger partial charge in [0.1, 0.15) is 0 Å². The predicted molar refractivity (Wildman–Crippen MR) is 81.1 cm³/mol. The van der Waals surface area contributed by atoms with Crippen LogP contribution in [-0.4, -0.2) is 6.54 Å². The summed E-state index contributed by atoms with van der Waals surface area (Å²) in [5.74, 6) is 0.321. The Bertz CT molecular complexity index is 510. The molecule has 2 aromatic rings. The van der Waals surface area contributed by atoms with Crippen LogP contribution in [0.5, 0.6) is 0 Å². The highest BCUT2D eigenvalue weighted by Crippen LogP contribution is 2.27. The van der Waals surface area contributed by atoms with Crippen LogP contribution >= 0.6 is 27.5 Å². The molecule has 3 heteroatoms. The van der Waals surface area contributed by atoms with Gasteiger partial charge in [-0.25, -0.2) is 0 Å². The van der Waals surface area contributed by atoms with Gasteiger partial charge in [-0.05, 0) is 42.3 Å². The number of halogens is 2. The van der Waals surface area contributed by atoms with Crippen LogP contribution in [-0.2, 0) is 6.42 Å². The molecule has 0 aliphatic heterocycles. The average molecular weight is 325 g/mol. The molecular weight excluding hydrogens is 310 g/mol. The van der Waals surface area contributed by atoms with E-state index in [4.69, 9.17) is 17.3 Å². The van der Waals surface area contributed by atoms with Crippen molar-refractivity contribution in [1.29, 1.82) is 0 Å². The van der Waals surface area contributed by atoms with Gasteiger partial charge in [0.25, 0.3) is 0 Å². The average Bonchev–Trinajstić information content (AvgIpc) is 2.39. The number of hydrogen-bond donors (Lipinski definition) is 1. The Balaban J connectivity index is 2.20. The van der Waals surface area contributed by atoms with Gasteiger partial charge < -0.3 is 5.73 Å². The summed E-state index contributed by atoms with van der Waals surface area (Å²) in [4.78, 5) is 0. The van der Waals surface area contributed by atoms with E-state index in [1.54, 1.807) is 0 Å². The number of hydrogen-bond acceptors (Lipinski definition) is 1. The first-order chi connectivity index (χ1) is 8.70. The molecule has 0 heterocycles. The van der Waals surface area contributed by atoms with Crippen molar-refractivity contribution < 1.29 is 0 Å². The summed E-state index contributed by atoms with van der Waals surface area (Å²) >= 11 is 9.48. The zero-order chi connectivity index (χ0) is 13.0. The van der Waals surface area contributed by atoms with Crippen LogP contribution in [0.1, 0.15) is 17.0 Å². The SMILES string of the molecule is NCC(Cc1ccc(Cl)cc1)c1ccccc1Br. The molecule has 1 unspecified atom stereocenters. The molecule has 0 saturated heterocycles. The summed E-state index contributed by atoms with van der Waals surface area (Å²) in [6.07, 6.45) is 0.927. The summed E-state index contributed by atoms with van der Waals surface area (Å²) < 4.78 is 1.12. The van der Waals surface area contributed by atoms with Gasteiger partial charge in [0, 0.05) is 15.4 Å². The normalized spacial score (nSPS) is 12.4. The van der Waals surface area contributed by atoms with E-state index in [2.05, 4.69) is 40.2 Å². The molecule has 0 saturated carbocycles. The van der Waals surface area contributed by atoms with E-state index in [1.165, 1.54) is 11.1 Å². The second-order valence-electron chi connectivity index (χ2n) is 4.28. The number of benzene rings is 2. The molecule has 0 aliphatic rings. The second kappa shape index (κ2) is 6.37. The maximum Gasteiger partial charge on any atom is 0.0406 e. The molecule has 0 bridgehead atoms. The molecule has 94 valence electrons. The fraction of sp³-hybridized carbons (Fsp3) is 0.200. The molecule has 1 nitrogen and oxygen atoms in total. The van der Waals surface area contributed by atoms with Crippen molar-refractivity contribution >= 4 is 27.5 Å². The first-order valence-electron chi connectivity index (χ1n) is 5.89. The van der Waals surface area contributed by atoms with Gasteiger partial charge in [-0.3, -0.25) is 0 Å². The quantitative estimate of drug-likeness (QED) is 0.887. The van der Waals surface area contributed by atoms with Crippen LogP contribution < -0.4 is 5.73 Å². The highest BCUT2D eigenvalue weighted by atomic mass is 79.9. The Morgan fingerprint density at radius 2 is 1.72 bits per heavy atom. The van der Waals surface area contributed by atoms with Gasteiger partial charge in [-0.15, -0.1) is 0 Å². The molecular formula is C15H15BrClN. The van der Waals surface area contributed by atoms with E-state index in [1.807, 2.05) is 24.3 Å². The van der Waals surface area contributed by atoms with Crippen molar-refractivity contribution in [3.05, 3.63) is 69.2 Å². The summed E-state index contributed by atoms with van der Waals surface area (Å²) in [6.45, 7) is 0.630. The lowest BCUT2D eigenvalue weighted by atomic mass is 9.92. The zero-order valence-corrected chi connectivity index (χ0v) is 12.3. The van der Waals surface area contributed by atoms with Crippen molar-refractivity contribution in [2.45, 2.75) is 12.3 Å². The summed E-state index contributed by atoms with van der Waals surface area (Å²) in [5, 5.41) is 0.768. The maximum atomic E-state index is 5.90. The van der Waals surface area contributed by atoms with Crippen LogP contribution in [0.3, 0.4) is 0 Å². The topological polar surface area (TPSA) is 26.0 Å². The molecule has 0 spiro atoms. The van der Waals surface area contributed by atoms with Gasteiger partial charge in [0.15, 0.2) is 0 Å². The van der Waals surface area contributed by atoms with Crippen molar-refractivity contribution in [3.8, 4) is 0 Å². The van der Waals surface area contributed by atoms with Crippen LogP contribution in [0, 0.1) is 0 Å². The van der Waals surface area contributed by atoms with Gasteiger partial charge in [-0.2, -0.15) is 0 Å². The van der Waals surface area contributed by atoms with Crippen molar-refractivity contribution in [3.63, 3.8) is 0 Å². The zero-order valence-electron chi connectivity index (χ0n) is 9.94. The summed E-state index contributed by atoms with van der Waals surface area (Å²) in [6, 6.07) is 16.2. The number of rotatable bonds is 4. The minimum Gasteiger partial charge on any atom is -0.330 e. The lowest BCUT2D eigenvalue weighted by Crippen LogP contribution is -2.15. The third-order valence-corrected chi connectivity index (χ3v) is 4.00. The van der Waals surface area contributed by atoms with E-state index in [0.717, 1.165) is 15.9 Å². The minimum atomic E-state index is 0.321. The van der Waals surface area contributed by atoms with Gasteiger partial charge in [0.2, 0.25) is 0 Å². The monoisotopic (exact) mass is 323 g/mol. The molecule has 2 rings (SSSR count). The predicted octanol–water partition coefficient (Wildman–Crippen LogP) is 4.39.